The molecule has 16 heavy (non-hydrogen) atoms. The van der Waals surface area contributed by atoms with Crippen LogP contribution in [0.5, 0.6) is 5.75 Å². The predicted octanol–water partition coefficient (Wildman–Crippen LogP) is 3.38. The molecule has 3 heteroatoms. The quantitative estimate of drug-likeness (QED) is 0.878. The van der Waals surface area contributed by atoms with Crippen molar-refractivity contribution in [3.63, 3.8) is 0 Å². The molecule has 1 atom stereocenters. The van der Waals surface area contributed by atoms with E-state index in [1.165, 1.54) is 4.88 Å². The van der Waals surface area contributed by atoms with Gasteiger partial charge in [-0.15, -0.1) is 11.3 Å². The minimum Gasteiger partial charge on any atom is -0.488 e. The highest BCUT2D eigenvalue weighted by Gasteiger charge is 2.08. The van der Waals surface area contributed by atoms with Crippen molar-refractivity contribution < 1.29 is 9.84 Å². The normalized spacial score (nSPS) is 12.4. The first-order valence-electron chi connectivity index (χ1n) is 5.19. The van der Waals surface area contributed by atoms with E-state index in [0.717, 1.165) is 11.3 Å². The van der Waals surface area contributed by atoms with Gasteiger partial charge in [0.25, 0.3) is 0 Å². The second-order valence-electron chi connectivity index (χ2n) is 3.58. The third kappa shape index (κ3) is 2.62. The molecule has 0 saturated heterocycles. The van der Waals surface area contributed by atoms with E-state index in [-0.39, 0.29) is 0 Å². The molecule has 0 bridgehead atoms. The van der Waals surface area contributed by atoms with Crippen LogP contribution in [0.2, 0.25) is 0 Å². The Morgan fingerprint density at radius 2 is 2.06 bits per heavy atom. The van der Waals surface area contributed by atoms with Crippen molar-refractivity contribution in [2.45, 2.75) is 19.6 Å². The van der Waals surface area contributed by atoms with Crippen LogP contribution in [0, 0.1) is 0 Å². The second kappa shape index (κ2) is 5.14. The highest BCUT2D eigenvalue weighted by atomic mass is 32.1. The first-order chi connectivity index (χ1) is 7.77. The Balaban J connectivity index is 2.09. The molecule has 0 saturated carbocycles. The van der Waals surface area contributed by atoms with Gasteiger partial charge in [-0.2, -0.15) is 0 Å². The molecule has 1 N–H and O–H groups in total. The molecule has 2 rings (SSSR count). The van der Waals surface area contributed by atoms with Gasteiger partial charge in [-0.25, -0.2) is 0 Å². The number of hydrogen-bond acceptors (Lipinski definition) is 3. The molecule has 2 aromatic rings. The van der Waals surface area contributed by atoms with E-state index < -0.39 is 6.10 Å². The molecule has 0 aliphatic heterocycles. The molecule has 0 fully saturated rings. The van der Waals surface area contributed by atoms with E-state index in [1.807, 2.05) is 41.8 Å². The average molecular weight is 234 g/mol. The Morgan fingerprint density at radius 1 is 1.25 bits per heavy atom. The predicted molar refractivity (Wildman–Crippen MR) is 65.7 cm³/mol. The lowest BCUT2D eigenvalue weighted by atomic mass is 10.1. The molecule has 1 aromatic carbocycles. The maximum atomic E-state index is 9.58. The highest BCUT2D eigenvalue weighted by Crippen LogP contribution is 2.25. The first kappa shape index (κ1) is 11.2. The number of rotatable bonds is 4. The summed E-state index contributed by atoms with van der Waals surface area (Å²) in [4.78, 5) is 1.18. The summed E-state index contributed by atoms with van der Waals surface area (Å²) in [6.45, 7) is 2.30. The Hall–Kier alpha value is -1.32. The van der Waals surface area contributed by atoms with Crippen LogP contribution in [-0.2, 0) is 6.61 Å². The van der Waals surface area contributed by atoms with Gasteiger partial charge in [0.1, 0.15) is 12.4 Å². The van der Waals surface area contributed by atoms with Gasteiger partial charge in [-0.1, -0.05) is 24.3 Å². The lowest BCUT2D eigenvalue weighted by Crippen LogP contribution is -1.99. The maximum Gasteiger partial charge on any atom is 0.125 e. The van der Waals surface area contributed by atoms with Crippen LogP contribution in [0.1, 0.15) is 23.5 Å². The second-order valence-corrected chi connectivity index (χ2v) is 4.61. The van der Waals surface area contributed by atoms with Crippen LogP contribution in [0.25, 0.3) is 0 Å². The number of aliphatic hydroxyl groups is 1. The van der Waals surface area contributed by atoms with Crippen molar-refractivity contribution in [3.8, 4) is 5.75 Å². The number of para-hydroxylation sites is 1. The number of aliphatic hydroxyl groups excluding tert-OH is 1. The molecule has 84 valence electrons. The van der Waals surface area contributed by atoms with Gasteiger partial charge >= 0.3 is 0 Å². The fraction of sp³-hybridized carbons (Fsp3) is 0.231. The van der Waals surface area contributed by atoms with Crippen LogP contribution in [-0.4, -0.2) is 5.11 Å². The van der Waals surface area contributed by atoms with Gasteiger partial charge < -0.3 is 9.84 Å². The molecule has 0 radical (unpaired) electrons. The molecule has 0 aliphatic carbocycles. The van der Waals surface area contributed by atoms with E-state index >= 15 is 0 Å². The van der Waals surface area contributed by atoms with E-state index in [2.05, 4.69) is 0 Å². The monoisotopic (exact) mass is 234 g/mol. The minimum atomic E-state index is -0.500. The SMILES string of the molecule is CC(O)c1ccccc1OCc1cccs1. The molecule has 1 unspecified atom stereocenters. The molecular formula is C13H14O2S. The van der Waals surface area contributed by atoms with Crippen LogP contribution >= 0.6 is 11.3 Å². The third-order valence-corrected chi connectivity index (χ3v) is 3.17. The van der Waals surface area contributed by atoms with Gasteiger partial charge in [0, 0.05) is 10.4 Å². The highest BCUT2D eigenvalue weighted by molar-refractivity contribution is 7.09. The summed E-state index contributed by atoms with van der Waals surface area (Å²) < 4.78 is 5.69. The zero-order valence-corrected chi connectivity index (χ0v) is 9.91. The Labute approximate surface area is 99.1 Å². The third-order valence-electron chi connectivity index (χ3n) is 2.32. The smallest absolute Gasteiger partial charge is 0.125 e. The summed E-state index contributed by atoms with van der Waals surface area (Å²) in [6, 6.07) is 11.6. The Morgan fingerprint density at radius 3 is 2.75 bits per heavy atom. The molecule has 0 amide bonds. The van der Waals surface area contributed by atoms with E-state index in [1.54, 1.807) is 18.3 Å². The van der Waals surface area contributed by atoms with Crippen molar-refractivity contribution in [3.05, 3.63) is 52.2 Å². The zero-order valence-electron chi connectivity index (χ0n) is 9.09. The molecule has 1 aromatic heterocycles. The zero-order chi connectivity index (χ0) is 11.4. The molecule has 1 heterocycles. The van der Waals surface area contributed by atoms with Crippen LogP contribution < -0.4 is 4.74 Å². The number of ether oxygens (including phenoxy) is 1. The van der Waals surface area contributed by atoms with Gasteiger partial charge in [0.2, 0.25) is 0 Å². The first-order valence-corrected chi connectivity index (χ1v) is 6.07. The van der Waals surface area contributed by atoms with E-state index in [9.17, 15) is 5.11 Å². The number of hydrogen-bond donors (Lipinski definition) is 1. The van der Waals surface area contributed by atoms with E-state index in [0.29, 0.717) is 6.61 Å². The van der Waals surface area contributed by atoms with Crippen molar-refractivity contribution in [1.29, 1.82) is 0 Å². The summed E-state index contributed by atoms with van der Waals surface area (Å²) in [5.74, 6) is 0.755. The lowest BCUT2D eigenvalue weighted by molar-refractivity contribution is 0.190. The standard InChI is InChI=1S/C13H14O2S/c1-10(14)12-6-2-3-7-13(12)15-9-11-5-4-8-16-11/h2-8,10,14H,9H2,1H3. The fourth-order valence-electron chi connectivity index (χ4n) is 1.50. The van der Waals surface area contributed by atoms with E-state index in [4.69, 9.17) is 4.74 Å². The van der Waals surface area contributed by atoms with Gasteiger partial charge in [0.05, 0.1) is 6.10 Å². The largest absolute Gasteiger partial charge is 0.488 e. The van der Waals surface area contributed by atoms with Gasteiger partial charge in [-0.3, -0.25) is 0 Å². The average Bonchev–Trinajstić information content (AvgIpc) is 2.79. The summed E-state index contributed by atoms with van der Waals surface area (Å²) in [5, 5.41) is 11.6. The van der Waals surface area contributed by atoms with Crippen molar-refractivity contribution in [2.24, 2.45) is 0 Å². The summed E-state index contributed by atoms with van der Waals surface area (Å²) >= 11 is 1.67. The molecular weight excluding hydrogens is 220 g/mol. The number of thiophene rings is 1. The van der Waals surface area contributed by atoms with Crippen molar-refractivity contribution in [1.82, 2.24) is 0 Å². The summed E-state index contributed by atoms with van der Waals surface area (Å²) in [5.41, 5.74) is 0.832. The topological polar surface area (TPSA) is 29.5 Å². The van der Waals surface area contributed by atoms with Crippen LogP contribution in [0.15, 0.2) is 41.8 Å². The summed E-state index contributed by atoms with van der Waals surface area (Å²) in [7, 11) is 0. The lowest BCUT2D eigenvalue weighted by Gasteiger charge is -2.12. The molecule has 0 aliphatic rings. The molecule has 2 nitrogen and oxygen atoms in total. The van der Waals surface area contributed by atoms with Crippen LogP contribution in [0.4, 0.5) is 0 Å². The molecule has 0 spiro atoms. The van der Waals surface area contributed by atoms with Crippen molar-refractivity contribution in [2.75, 3.05) is 0 Å². The van der Waals surface area contributed by atoms with Crippen molar-refractivity contribution >= 4 is 11.3 Å². The maximum absolute atomic E-state index is 9.58. The fourth-order valence-corrected chi connectivity index (χ4v) is 2.12. The Kier molecular flexibility index (Phi) is 3.59. The van der Waals surface area contributed by atoms with Crippen LogP contribution in [0.3, 0.4) is 0 Å². The number of benzene rings is 1. The summed E-state index contributed by atoms with van der Waals surface area (Å²) in [6.07, 6.45) is -0.500. The van der Waals surface area contributed by atoms with Gasteiger partial charge in [0.15, 0.2) is 0 Å². The Bertz CT molecular complexity index is 435. The van der Waals surface area contributed by atoms with Gasteiger partial charge in [-0.05, 0) is 24.4 Å². The minimum absolute atomic E-state index is 0.500.